The molecule has 44 heavy (non-hydrogen) atoms. The van der Waals surface area contributed by atoms with E-state index in [-0.39, 0.29) is 10.9 Å². The van der Waals surface area contributed by atoms with Crippen molar-refractivity contribution < 1.29 is 22.7 Å². The Hall–Kier alpha value is -3.13. The van der Waals surface area contributed by atoms with Gasteiger partial charge in [-0.25, -0.2) is 8.42 Å². The second-order valence-corrected chi connectivity index (χ2v) is 15.1. The summed E-state index contributed by atoms with van der Waals surface area (Å²) in [4.78, 5) is 14.4. The number of methoxy groups -OCH3 is 1. The molecule has 0 aromatic heterocycles. The van der Waals surface area contributed by atoms with E-state index < -0.39 is 9.84 Å². The van der Waals surface area contributed by atoms with Crippen LogP contribution in [0.15, 0.2) is 77.4 Å². The molecule has 7 rings (SSSR count). The minimum atomic E-state index is -3.26. The average Bonchev–Trinajstić information content (AvgIpc) is 3.45. The minimum Gasteiger partial charge on any atom is -0.497 e. The van der Waals surface area contributed by atoms with Gasteiger partial charge in [0.25, 0.3) is 0 Å². The molecule has 232 valence electrons. The topological polar surface area (TPSA) is 72.9 Å². The van der Waals surface area contributed by atoms with Crippen LogP contribution in [0.4, 0.5) is 0 Å². The number of cyclic esters (lactones) is 1. The van der Waals surface area contributed by atoms with Gasteiger partial charge in [0.15, 0.2) is 9.84 Å². The fourth-order valence-corrected chi connectivity index (χ4v) is 8.66. The summed E-state index contributed by atoms with van der Waals surface area (Å²) in [5, 5.41) is 0.610. The fraction of sp³-hybridized carbons (Fsp3) is 0.417. The lowest BCUT2D eigenvalue weighted by Gasteiger charge is -2.58. The SMILES string of the molecule is COc1ccc2c(c1)[C@]13CCCC[C@@H]1[C@H](C2)N(C)CC3.CS(=O)(=O)c1ccc(/C(=C2\CCC(=O)O2)c2ccc(Cl)cc2)cc1. The monoisotopic (exact) mass is 633 g/mol. The summed E-state index contributed by atoms with van der Waals surface area (Å²) in [5.41, 5.74) is 6.09. The van der Waals surface area contributed by atoms with Gasteiger partial charge in [0.05, 0.1) is 18.4 Å². The van der Waals surface area contributed by atoms with Crippen molar-refractivity contribution in [3.05, 3.63) is 99.8 Å². The van der Waals surface area contributed by atoms with E-state index in [1.54, 1.807) is 54.6 Å². The molecule has 0 N–H and O–H groups in total. The van der Waals surface area contributed by atoms with Crippen LogP contribution >= 0.6 is 11.6 Å². The molecule has 3 atom stereocenters. The van der Waals surface area contributed by atoms with Crippen molar-refractivity contribution in [3.63, 3.8) is 0 Å². The van der Waals surface area contributed by atoms with Crippen LogP contribution in [0, 0.1) is 5.92 Å². The van der Waals surface area contributed by atoms with Crippen LogP contribution < -0.4 is 4.74 Å². The summed E-state index contributed by atoms with van der Waals surface area (Å²) in [5.74, 6) is 2.24. The summed E-state index contributed by atoms with van der Waals surface area (Å²) in [6, 6.07) is 21.4. The van der Waals surface area contributed by atoms with E-state index in [2.05, 4.69) is 30.1 Å². The number of piperidine rings is 1. The molecule has 2 saturated heterocycles. The standard InChI is InChI=1S/C18H15ClO4S.C18H25NO/c1-24(21,22)15-8-4-13(5-9-15)18(16-10-11-17(20)23-16)12-2-6-14(19)7-3-12;1-19-10-9-18-8-4-3-5-15(18)17(19)11-13-6-7-14(20-2)12-16(13)18/h2-9H,10-11H2,1H3;6-7,12,15,17H,3-5,8-11H2,1-2H3/b18-16+;/t;15-,17+,18+/m.1/s1. The van der Waals surface area contributed by atoms with Gasteiger partial charge in [-0.05, 0) is 104 Å². The highest BCUT2D eigenvalue weighted by atomic mass is 35.5. The van der Waals surface area contributed by atoms with Crippen LogP contribution in [0.5, 0.6) is 5.75 Å². The number of rotatable bonds is 4. The normalized spacial score (nSPS) is 25.6. The van der Waals surface area contributed by atoms with Gasteiger partial charge in [0, 0.05) is 34.7 Å². The number of nitrogens with zero attached hydrogens (tertiary/aromatic N) is 1. The van der Waals surface area contributed by atoms with Gasteiger partial charge in [-0.1, -0.05) is 54.8 Å². The number of carbonyl (C=O) groups excluding carboxylic acids is 1. The predicted octanol–water partition coefficient (Wildman–Crippen LogP) is 7.22. The Morgan fingerprint density at radius 1 is 0.977 bits per heavy atom. The van der Waals surface area contributed by atoms with Crippen molar-refractivity contribution in [1.82, 2.24) is 4.90 Å². The number of hydrogen-bond acceptors (Lipinski definition) is 6. The zero-order valence-corrected chi connectivity index (χ0v) is 27.2. The molecule has 2 aliphatic carbocycles. The van der Waals surface area contributed by atoms with Crippen LogP contribution in [-0.4, -0.2) is 52.3 Å². The molecular weight excluding hydrogens is 594 g/mol. The van der Waals surface area contributed by atoms with Gasteiger partial charge in [0.1, 0.15) is 11.5 Å². The zero-order chi connectivity index (χ0) is 31.1. The van der Waals surface area contributed by atoms with E-state index in [1.165, 1.54) is 51.3 Å². The molecule has 0 amide bonds. The van der Waals surface area contributed by atoms with E-state index in [0.717, 1.165) is 34.4 Å². The van der Waals surface area contributed by atoms with Crippen LogP contribution in [0.2, 0.25) is 5.02 Å². The maximum Gasteiger partial charge on any atom is 0.311 e. The molecule has 3 aromatic carbocycles. The summed E-state index contributed by atoms with van der Waals surface area (Å²) < 4.78 is 34.1. The van der Waals surface area contributed by atoms with Gasteiger partial charge in [-0.15, -0.1) is 0 Å². The molecule has 0 unspecified atom stereocenters. The Morgan fingerprint density at radius 3 is 2.32 bits per heavy atom. The molecule has 2 aliphatic heterocycles. The van der Waals surface area contributed by atoms with E-state index in [4.69, 9.17) is 21.1 Å². The second-order valence-electron chi connectivity index (χ2n) is 12.6. The summed E-state index contributed by atoms with van der Waals surface area (Å²) in [6.07, 6.45) is 10.2. The number of likely N-dealkylation sites (N-methyl/N-ethyl adjacent to an activating group) is 1. The molecule has 6 nitrogen and oxygen atoms in total. The highest BCUT2D eigenvalue weighted by Gasteiger charge is 2.53. The Bertz CT molecular complexity index is 1680. The lowest BCUT2D eigenvalue weighted by atomic mass is 9.52. The quantitative estimate of drug-likeness (QED) is 0.283. The molecule has 3 fully saturated rings. The zero-order valence-electron chi connectivity index (χ0n) is 25.6. The number of carbonyl (C=O) groups is 1. The number of ether oxygens (including phenoxy) is 2. The van der Waals surface area contributed by atoms with E-state index in [1.807, 2.05) is 12.1 Å². The molecule has 0 spiro atoms. The van der Waals surface area contributed by atoms with E-state index in [9.17, 15) is 13.2 Å². The van der Waals surface area contributed by atoms with Crippen molar-refractivity contribution in [2.75, 3.05) is 27.0 Å². The number of sulfone groups is 1. The maximum atomic E-state index is 11.6. The average molecular weight is 634 g/mol. The molecule has 4 aliphatic rings. The molecular formula is C36H40ClNO5S. The Morgan fingerprint density at radius 2 is 1.68 bits per heavy atom. The third-order valence-corrected chi connectivity index (χ3v) is 11.5. The summed E-state index contributed by atoms with van der Waals surface area (Å²) in [7, 11) is 0.859. The van der Waals surface area contributed by atoms with Crippen molar-refractivity contribution in [2.45, 2.75) is 67.7 Å². The lowest BCUT2D eigenvalue weighted by molar-refractivity contribution is -0.135. The maximum absolute atomic E-state index is 11.6. The number of allylic oxidation sites excluding steroid dienone is 1. The van der Waals surface area contributed by atoms with Crippen molar-refractivity contribution in [1.29, 1.82) is 0 Å². The first-order chi connectivity index (χ1) is 21.1. The van der Waals surface area contributed by atoms with Crippen LogP contribution in [0.1, 0.15) is 67.2 Å². The molecule has 1 saturated carbocycles. The fourth-order valence-electron chi connectivity index (χ4n) is 7.91. The van der Waals surface area contributed by atoms with Crippen LogP contribution in [0.3, 0.4) is 0 Å². The summed E-state index contributed by atoms with van der Waals surface area (Å²) in [6.45, 7) is 1.26. The second kappa shape index (κ2) is 12.3. The lowest BCUT2D eigenvalue weighted by Crippen LogP contribution is -2.59. The van der Waals surface area contributed by atoms with Crippen molar-refractivity contribution in [3.8, 4) is 5.75 Å². The van der Waals surface area contributed by atoms with Crippen molar-refractivity contribution in [2.24, 2.45) is 5.92 Å². The third-order valence-electron chi connectivity index (χ3n) is 10.1. The highest BCUT2D eigenvalue weighted by molar-refractivity contribution is 7.90. The van der Waals surface area contributed by atoms with Crippen molar-refractivity contribution >= 4 is 33.0 Å². The number of likely N-dealkylation sites (tertiary alicyclic amines) is 1. The smallest absolute Gasteiger partial charge is 0.311 e. The molecule has 3 aromatic rings. The molecule has 0 radical (unpaired) electrons. The third kappa shape index (κ3) is 5.94. The van der Waals surface area contributed by atoms with E-state index in [0.29, 0.717) is 29.0 Å². The Kier molecular flexibility index (Phi) is 8.66. The molecule has 2 heterocycles. The van der Waals surface area contributed by atoms with Gasteiger partial charge in [-0.2, -0.15) is 0 Å². The summed E-state index contributed by atoms with van der Waals surface area (Å²) >= 11 is 5.95. The van der Waals surface area contributed by atoms with Gasteiger partial charge >= 0.3 is 5.97 Å². The first-order valence-corrected chi connectivity index (χ1v) is 17.7. The Balaban J connectivity index is 0.000000158. The number of halogens is 1. The Labute approximate surface area is 265 Å². The highest BCUT2D eigenvalue weighted by Crippen LogP contribution is 2.55. The predicted molar refractivity (Wildman–Crippen MR) is 174 cm³/mol. The first-order valence-electron chi connectivity index (χ1n) is 15.5. The number of fused-ring (bicyclic) bond motifs is 1. The number of benzene rings is 3. The number of esters is 1. The van der Waals surface area contributed by atoms with Gasteiger partial charge in [0.2, 0.25) is 0 Å². The number of hydrogen-bond donors (Lipinski definition) is 0. The van der Waals surface area contributed by atoms with Crippen LogP contribution in [0.25, 0.3) is 5.57 Å². The molecule has 2 bridgehead atoms. The minimum absolute atomic E-state index is 0.245. The van der Waals surface area contributed by atoms with Crippen LogP contribution in [-0.2, 0) is 31.2 Å². The van der Waals surface area contributed by atoms with Gasteiger partial charge in [-0.3, -0.25) is 4.79 Å². The largest absolute Gasteiger partial charge is 0.497 e. The molecule has 8 heteroatoms. The van der Waals surface area contributed by atoms with Gasteiger partial charge < -0.3 is 14.4 Å². The first kappa shape index (κ1) is 30.9. The van der Waals surface area contributed by atoms with E-state index >= 15 is 0 Å².